The Morgan fingerprint density at radius 1 is 1.20 bits per heavy atom. The zero-order valence-electron chi connectivity index (χ0n) is 14.0. The van der Waals surface area contributed by atoms with Crippen molar-refractivity contribution in [3.63, 3.8) is 0 Å². The predicted octanol–water partition coefficient (Wildman–Crippen LogP) is 3.80. The van der Waals surface area contributed by atoms with Crippen LogP contribution < -0.4 is 10.2 Å². The molecule has 0 aromatic carbocycles. The summed E-state index contributed by atoms with van der Waals surface area (Å²) in [4.78, 5) is 7.11. The molecule has 3 heteroatoms. The van der Waals surface area contributed by atoms with Gasteiger partial charge in [-0.1, -0.05) is 41.0 Å². The number of nitrogens with zero attached hydrogens (tertiary/aromatic N) is 2. The monoisotopic (exact) mass is 277 g/mol. The van der Waals surface area contributed by atoms with Gasteiger partial charge in [0.25, 0.3) is 0 Å². The normalized spacial score (nSPS) is 12.8. The first-order chi connectivity index (χ1) is 9.47. The van der Waals surface area contributed by atoms with Crippen LogP contribution in [-0.2, 0) is 6.54 Å². The van der Waals surface area contributed by atoms with Gasteiger partial charge in [-0.2, -0.15) is 0 Å². The predicted molar refractivity (Wildman–Crippen MR) is 88.4 cm³/mol. The molecule has 1 rings (SSSR count). The molecule has 1 unspecified atom stereocenters. The Morgan fingerprint density at radius 3 is 2.45 bits per heavy atom. The van der Waals surface area contributed by atoms with Gasteiger partial charge < -0.3 is 10.2 Å². The van der Waals surface area contributed by atoms with E-state index in [0.29, 0.717) is 11.8 Å². The molecule has 0 radical (unpaired) electrons. The third-order valence-electron chi connectivity index (χ3n) is 3.74. The highest BCUT2D eigenvalue weighted by atomic mass is 15.2. The van der Waals surface area contributed by atoms with E-state index in [9.17, 15) is 0 Å². The number of anilines is 1. The number of rotatable bonds is 8. The van der Waals surface area contributed by atoms with Crippen LogP contribution in [0.3, 0.4) is 0 Å². The molecule has 1 N–H and O–H groups in total. The summed E-state index contributed by atoms with van der Waals surface area (Å²) in [6.07, 6.45) is 1.21. The van der Waals surface area contributed by atoms with Crippen molar-refractivity contribution in [2.45, 2.75) is 53.5 Å². The van der Waals surface area contributed by atoms with Gasteiger partial charge in [0.15, 0.2) is 0 Å². The van der Waals surface area contributed by atoms with Gasteiger partial charge in [0, 0.05) is 25.8 Å². The molecule has 1 aromatic heterocycles. The summed E-state index contributed by atoms with van der Waals surface area (Å²) in [6, 6.07) is 4.45. The lowest BCUT2D eigenvalue weighted by atomic mass is 10.1. The van der Waals surface area contributed by atoms with Crippen LogP contribution in [0.5, 0.6) is 0 Å². The van der Waals surface area contributed by atoms with Gasteiger partial charge >= 0.3 is 0 Å². The lowest BCUT2D eigenvalue weighted by Crippen LogP contribution is -2.25. The molecule has 0 fully saturated rings. The van der Waals surface area contributed by atoms with E-state index in [1.54, 1.807) is 0 Å². The standard InChI is InChI=1S/C17H31N3/c1-7-14(5)12-20(6)17-10-15(11-18-8-2)9-16(19-17)13(3)4/h9-10,13-14,18H,7-8,11-12H2,1-6H3. The van der Waals surface area contributed by atoms with Crippen LogP contribution in [-0.4, -0.2) is 25.1 Å². The van der Waals surface area contributed by atoms with Gasteiger partial charge in [-0.3, -0.25) is 0 Å². The van der Waals surface area contributed by atoms with E-state index in [1.165, 1.54) is 17.7 Å². The fourth-order valence-corrected chi connectivity index (χ4v) is 2.15. The summed E-state index contributed by atoms with van der Waals surface area (Å²) >= 11 is 0. The van der Waals surface area contributed by atoms with Crippen LogP contribution in [0.1, 0.15) is 58.2 Å². The van der Waals surface area contributed by atoms with Crippen molar-refractivity contribution in [1.29, 1.82) is 0 Å². The number of hydrogen-bond donors (Lipinski definition) is 1. The topological polar surface area (TPSA) is 28.2 Å². The Kier molecular flexibility index (Phi) is 7.00. The van der Waals surface area contributed by atoms with Gasteiger partial charge in [0.2, 0.25) is 0 Å². The molecule has 0 aliphatic carbocycles. The first-order valence-corrected chi connectivity index (χ1v) is 7.90. The Morgan fingerprint density at radius 2 is 1.90 bits per heavy atom. The fourth-order valence-electron chi connectivity index (χ4n) is 2.15. The summed E-state index contributed by atoms with van der Waals surface area (Å²) < 4.78 is 0. The largest absolute Gasteiger partial charge is 0.359 e. The molecular formula is C17H31N3. The molecule has 0 aliphatic rings. The molecule has 1 aromatic rings. The van der Waals surface area contributed by atoms with Gasteiger partial charge in [-0.25, -0.2) is 4.98 Å². The Bertz CT molecular complexity index is 401. The van der Waals surface area contributed by atoms with Crippen molar-refractivity contribution >= 4 is 5.82 Å². The van der Waals surface area contributed by atoms with Crippen molar-refractivity contribution in [3.05, 3.63) is 23.4 Å². The van der Waals surface area contributed by atoms with Gasteiger partial charge in [0.05, 0.1) is 0 Å². The maximum Gasteiger partial charge on any atom is 0.128 e. The van der Waals surface area contributed by atoms with Crippen molar-refractivity contribution in [2.24, 2.45) is 5.92 Å². The molecule has 114 valence electrons. The molecule has 1 atom stereocenters. The number of nitrogens with one attached hydrogen (secondary N) is 1. The average Bonchev–Trinajstić information content (AvgIpc) is 2.44. The second kappa shape index (κ2) is 8.25. The van der Waals surface area contributed by atoms with Crippen molar-refractivity contribution in [3.8, 4) is 0 Å². The SMILES string of the molecule is CCNCc1cc(C(C)C)nc(N(C)CC(C)CC)c1. The zero-order chi connectivity index (χ0) is 15.1. The molecule has 0 saturated heterocycles. The molecule has 0 bridgehead atoms. The smallest absolute Gasteiger partial charge is 0.128 e. The number of hydrogen-bond acceptors (Lipinski definition) is 3. The molecule has 0 aliphatic heterocycles. The molecule has 3 nitrogen and oxygen atoms in total. The quantitative estimate of drug-likeness (QED) is 0.783. The number of pyridine rings is 1. The number of aromatic nitrogens is 1. The summed E-state index contributed by atoms with van der Waals surface area (Å²) in [6.45, 7) is 14.1. The molecule has 0 amide bonds. The summed E-state index contributed by atoms with van der Waals surface area (Å²) in [5, 5.41) is 3.40. The van der Waals surface area contributed by atoms with E-state index in [-0.39, 0.29) is 0 Å². The minimum Gasteiger partial charge on any atom is -0.359 e. The third kappa shape index (κ3) is 5.12. The van der Waals surface area contributed by atoms with Crippen LogP contribution in [0.2, 0.25) is 0 Å². The molecular weight excluding hydrogens is 246 g/mol. The van der Waals surface area contributed by atoms with Crippen LogP contribution >= 0.6 is 0 Å². The second-order valence-electron chi connectivity index (χ2n) is 6.09. The molecule has 20 heavy (non-hydrogen) atoms. The lowest BCUT2D eigenvalue weighted by molar-refractivity contribution is 0.557. The first-order valence-electron chi connectivity index (χ1n) is 7.90. The van der Waals surface area contributed by atoms with Crippen molar-refractivity contribution in [1.82, 2.24) is 10.3 Å². The molecule has 1 heterocycles. The van der Waals surface area contributed by atoms with Gasteiger partial charge in [-0.05, 0) is 36.1 Å². The van der Waals surface area contributed by atoms with E-state index in [4.69, 9.17) is 4.98 Å². The Hall–Kier alpha value is -1.09. The maximum atomic E-state index is 4.83. The zero-order valence-corrected chi connectivity index (χ0v) is 14.0. The summed E-state index contributed by atoms with van der Waals surface area (Å²) in [5.74, 6) is 2.26. The van der Waals surface area contributed by atoms with Gasteiger partial charge in [0.1, 0.15) is 5.82 Å². The second-order valence-corrected chi connectivity index (χ2v) is 6.09. The lowest BCUT2D eigenvalue weighted by Gasteiger charge is -2.23. The first kappa shape index (κ1) is 17.0. The van der Waals surface area contributed by atoms with E-state index < -0.39 is 0 Å². The van der Waals surface area contributed by atoms with Crippen molar-refractivity contribution in [2.75, 3.05) is 25.0 Å². The van der Waals surface area contributed by atoms with E-state index >= 15 is 0 Å². The fraction of sp³-hybridized carbons (Fsp3) is 0.706. The highest BCUT2D eigenvalue weighted by molar-refractivity contribution is 5.42. The van der Waals surface area contributed by atoms with E-state index in [2.05, 4.69) is 64.0 Å². The minimum atomic E-state index is 0.465. The van der Waals surface area contributed by atoms with Crippen LogP contribution in [0.4, 0.5) is 5.82 Å². The molecule has 0 spiro atoms. The summed E-state index contributed by atoms with van der Waals surface area (Å²) in [7, 11) is 2.15. The Labute approximate surface area is 124 Å². The van der Waals surface area contributed by atoms with E-state index in [0.717, 1.165) is 25.5 Å². The average molecular weight is 277 g/mol. The highest BCUT2D eigenvalue weighted by Gasteiger charge is 2.11. The third-order valence-corrected chi connectivity index (χ3v) is 3.74. The van der Waals surface area contributed by atoms with Crippen LogP contribution in [0.25, 0.3) is 0 Å². The van der Waals surface area contributed by atoms with Crippen molar-refractivity contribution < 1.29 is 0 Å². The minimum absolute atomic E-state index is 0.465. The van der Waals surface area contributed by atoms with Crippen LogP contribution in [0.15, 0.2) is 12.1 Å². The van der Waals surface area contributed by atoms with Crippen LogP contribution in [0, 0.1) is 5.92 Å². The maximum absolute atomic E-state index is 4.83. The highest BCUT2D eigenvalue weighted by Crippen LogP contribution is 2.20. The summed E-state index contributed by atoms with van der Waals surface area (Å²) in [5.41, 5.74) is 2.52. The molecule has 0 saturated carbocycles. The van der Waals surface area contributed by atoms with Gasteiger partial charge in [-0.15, -0.1) is 0 Å². The Balaban J connectivity index is 2.95. The van der Waals surface area contributed by atoms with E-state index in [1.807, 2.05) is 0 Å².